The fourth-order valence-corrected chi connectivity index (χ4v) is 4.28. The van der Waals surface area contributed by atoms with Gasteiger partial charge >= 0.3 is 0 Å². The molecule has 3 aromatic rings. The second-order valence-corrected chi connectivity index (χ2v) is 7.49. The summed E-state index contributed by atoms with van der Waals surface area (Å²) in [4.78, 5) is 27.7. The number of anilines is 1. The molecule has 0 spiro atoms. The van der Waals surface area contributed by atoms with E-state index < -0.39 is 0 Å². The Morgan fingerprint density at radius 1 is 1.11 bits per heavy atom. The van der Waals surface area contributed by atoms with Gasteiger partial charge in [-0.25, -0.2) is 19.6 Å². The Morgan fingerprint density at radius 3 is 2.89 bits per heavy atom. The van der Waals surface area contributed by atoms with E-state index in [-0.39, 0.29) is 5.56 Å². The molecule has 0 radical (unpaired) electrons. The zero-order chi connectivity index (χ0) is 18.2. The van der Waals surface area contributed by atoms with Crippen LogP contribution in [0.25, 0.3) is 11.0 Å². The van der Waals surface area contributed by atoms with Crippen molar-refractivity contribution in [2.45, 2.75) is 38.6 Å². The zero-order valence-electron chi connectivity index (χ0n) is 15.2. The maximum Gasteiger partial charge on any atom is 0.267 e. The second kappa shape index (κ2) is 6.72. The van der Waals surface area contributed by atoms with Crippen molar-refractivity contribution in [3.63, 3.8) is 0 Å². The summed E-state index contributed by atoms with van der Waals surface area (Å²) < 4.78 is 1.69. The van der Waals surface area contributed by atoms with Crippen LogP contribution in [0.4, 0.5) is 5.82 Å². The third-order valence-electron chi connectivity index (χ3n) is 5.76. The highest BCUT2D eigenvalue weighted by molar-refractivity contribution is 5.86. The first-order chi connectivity index (χ1) is 13.3. The lowest BCUT2D eigenvalue weighted by atomic mass is 9.96. The Bertz CT molecular complexity index is 1030. The van der Waals surface area contributed by atoms with Gasteiger partial charge in [-0.15, -0.1) is 0 Å². The summed E-state index contributed by atoms with van der Waals surface area (Å²) in [5.74, 6) is 1.43. The molecule has 1 aliphatic heterocycles. The van der Waals surface area contributed by atoms with Crippen molar-refractivity contribution in [2.24, 2.45) is 5.92 Å². The third-order valence-corrected chi connectivity index (χ3v) is 5.76. The lowest BCUT2D eigenvalue weighted by Crippen LogP contribution is -2.37. The van der Waals surface area contributed by atoms with Gasteiger partial charge in [0.05, 0.1) is 11.1 Å². The molecule has 0 N–H and O–H groups in total. The molecular weight excluding hydrogens is 340 g/mol. The molecule has 5 rings (SSSR count). The first kappa shape index (κ1) is 16.4. The highest BCUT2D eigenvalue weighted by Gasteiger charge is 2.23. The number of aromatic nitrogens is 5. The van der Waals surface area contributed by atoms with Crippen LogP contribution in [0.5, 0.6) is 0 Å². The second-order valence-electron chi connectivity index (χ2n) is 7.49. The molecule has 0 bridgehead atoms. The fraction of sp³-hybridized carbons (Fsp3) is 0.450. The largest absolute Gasteiger partial charge is 0.356 e. The number of piperidine rings is 1. The lowest BCUT2D eigenvalue weighted by molar-refractivity contribution is 0.333. The van der Waals surface area contributed by atoms with Crippen LogP contribution in [-0.4, -0.2) is 37.8 Å². The third kappa shape index (κ3) is 3.07. The van der Waals surface area contributed by atoms with Crippen molar-refractivity contribution in [2.75, 3.05) is 18.0 Å². The van der Waals surface area contributed by atoms with Gasteiger partial charge in [0.25, 0.3) is 5.56 Å². The molecule has 0 aromatic carbocycles. The summed E-state index contributed by atoms with van der Waals surface area (Å²) in [6.07, 6.45) is 8.51. The average Bonchev–Trinajstić information content (AvgIpc) is 3.15. The molecule has 0 amide bonds. The molecule has 7 heteroatoms. The van der Waals surface area contributed by atoms with E-state index in [1.54, 1.807) is 23.3 Å². The number of aryl methyl sites for hydroxylation is 2. The molecule has 138 valence electrons. The highest BCUT2D eigenvalue weighted by atomic mass is 16.1. The number of pyridine rings is 1. The number of fused-ring (bicyclic) bond motifs is 2. The van der Waals surface area contributed by atoms with Gasteiger partial charge < -0.3 is 4.90 Å². The Morgan fingerprint density at radius 2 is 2.00 bits per heavy atom. The van der Waals surface area contributed by atoms with Gasteiger partial charge in [0, 0.05) is 31.9 Å². The van der Waals surface area contributed by atoms with Crippen molar-refractivity contribution < 1.29 is 0 Å². The minimum atomic E-state index is 0.0472. The van der Waals surface area contributed by atoms with E-state index in [1.807, 2.05) is 12.1 Å². The summed E-state index contributed by atoms with van der Waals surface area (Å²) in [7, 11) is 0. The van der Waals surface area contributed by atoms with E-state index >= 15 is 0 Å². The molecule has 0 unspecified atom stereocenters. The first-order valence-corrected chi connectivity index (χ1v) is 9.68. The van der Waals surface area contributed by atoms with Crippen LogP contribution in [0.2, 0.25) is 0 Å². The average molecular weight is 362 g/mol. The quantitative estimate of drug-likeness (QED) is 0.709. The molecule has 27 heavy (non-hydrogen) atoms. The van der Waals surface area contributed by atoms with Crippen LogP contribution in [0.1, 0.15) is 30.5 Å². The van der Waals surface area contributed by atoms with Gasteiger partial charge in [0.15, 0.2) is 5.65 Å². The van der Waals surface area contributed by atoms with Crippen LogP contribution in [-0.2, 0) is 19.4 Å². The molecule has 0 saturated carbocycles. The molecule has 3 aromatic heterocycles. The molecule has 2 aliphatic rings. The number of nitrogens with zero attached hydrogens (tertiary/aromatic N) is 6. The summed E-state index contributed by atoms with van der Waals surface area (Å²) in [6.45, 7) is 2.56. The van der Waals surface area contributed by atoms with Crippen molar-refractivity contribution in [3.05, 3.63) is 52.3 Å². The highest BCUT2D eigenvalue weighted by Crippen LogP contribution is 2.27. The van der Waals surface area contributed by atoms with E-state index in [0.29, 0.717) is 12.5 Å². The van der Waals surface area contributed by atoms with Gasteiger partial charge in [-0.05, 0) is 55.7 Å². The van der Waals surface area contributed by atoms with Crippen LogP contribution in [0.3, 0.4) is 0 Å². The van der Waals surface area contributed by atoms with Crippen molar-refractivity contribution in [1.82, 2.24) is 24.7 Å². The lowest BCUT2D eigenvalue weighted by Gasteiger charge is -2.33. The van der Waals surface area contributed by atoms with Crippen LogP contribution in [0, 0.1) is 5.92 Å². The SMILES string of the molecule is O=c1cc2c(nn1CC1CCN(c3ncnc4ncccc34)CC1)CCC2. The molecule has 4 heterocycles. The Hall–Kier alpha value is -2.83. The Labute approximate surface area is 157 Å². The monoisotopic (exact) mass is 362 g/mol. The molecule has 1 aliphatic carbocycles. The fourth-order valence-electron chi connectivity index (χ4n) is 4.28. The maximum absolute atomic E-state index is 12.4. The van der Waals surface area contributed by atoms with E-state index in [2.05, 4.69) is 25.0 Å². The Kier molecular flexibility index (Phi) is 4.07. The maximum atomic E-state index is 12.4. The van der Waals surface area contributed by atoms with E-state index in [9.17, 15) is 4.79 Å². The molecular formula is C20H22N6O. The van der Waals surface area contributed by atoms with E-state index in [4.69, 9.17) is 0 Å². The first-order valence-electron chi connectivity index (χ1n) is 9.68. The van der Waals surface area contributed by atoms with Crippen molar-refractivity contribution in [1.29, 1.82) is 0 Å². The smallest absolute Gasteiger partial charge is 0.267 e. The molecule has 7 nitrogen and oxygen atoms in total. The standard InChI is InChI=1S/C20H22N6O/c27-18-11-15-3-1-5-17(15)24-26(18)12-14-6-9-25(10-7-14)20-16-4-2-8-21-19(16)22-13-23-20/h2,4,8,11,13-14H,1,3,5-7,9-10,12H2. The summed E-state index contributed by atoms with van der Waals surface area (Å²) in [6, 6.07) is 5.75. The predicted molar refractivity (Wildman–Crippen MR) is 103 cm³/mol. The van der Waals surface area contributed by atoms with Gasteiger partial charge in [0.2, 0.25) is 0 Å². The molecule has 0 atom stereocenters. The topological polar surface area (TPSA) is 76.8 Å². The minimum Gasteiger partial charge on any atom is -0.356 e. The summed E-state index contributed by atoms with van der Waals surface area (Å²) in [5, 5.41) is 5.62. The summed E-state index contributed by atoms with van der Waals surface area (Å²) in [5.41, 5.74) is 3.05. The Balaban J connectivity index is 1.30. The number of rotatable bonds is 3. The van der Waals surface area contributed by atoms with Gasteiger partial charge in [0.1, 0.15) is 12.1 Å². The van der Waals surface area contributed by atoms with Crippen molar-refractivity contribution in [3.8, 4) is 0 Å². The predicted octanol–water partition coefficient (Wildman–Crippen LogP) is 1.99. The molecule has 1 saturated heterocycles. The zero-order valence-corrected chi connectivity index (χ0v) is 15.2. The number of hydrogen-bond acceptors (Lipinski definition) is 6. The summed E-state index contributed by atoms with van der Waals surface area (Å²) >= 11 is 0. The van der Waals surface area contributed by atoms with Crippen LogP contribution in [0.15, 0.2) is 35.5 Å². The van der Waals surface area contributed by atoms with E-state index in [0.717, 1.165) is 73.3 Å². The van der Waals surface area contributed by atoms with E-state index in [1.165, 1.54) is 0 Å². The normalized spacial score (nSPS) is 17.4. The number of hydrogen-bond donors (Lipinski definition) is 0. The molecule has 1 fully saturated rings. The van der Waals surface area contributed by atoms with Gasteiger partial charge in [-0.2, -0.15) is 5.10 Å². The van der Waals surface area contributed by atoms with Gasteiger partial charge in [-0.1, -0.05) is 0 Å². The van der Waals surface area contributed by atoms with Crippen molar-refractivity contribution >= 4 is 16.9 Å². The minimum absolute atomic E-state index is 0.0472. The van der Waals surface area contributed by atoms with Gasteiger partial charge in [-0.3, -0.25) is 4.79 Å². The van der Waals surface area contributed by atoms with Crippen LogP contribution >= 0.6 is 0 Å². The van der Waals surface area contributed by atoms with Crippen LogP contribution < -0.4 is 10.5 Å².